The fourth-order valence-electron chi connectivity index (χ4n) is 1.47. The Morgan fingerprint density at radius 2 is 1.88 bits per heavy atom. The molecular formula is C11H8ClF3N2. The number of halogens is 4. The number of alkyl halides is 3. The number of nitrogens with zero attached hydrogens (tertiary/aromatic N) is 1. The first-order valence-electron chi connectivity index (χ1n) is 4.68. The lowest BCUT2D eigenvalue weighted by atomic mass is 10.2. The highest BCUT2D eigenvalue weighted by atomic mass is 35.5. The SMILES string of the molecule is Nc1ccn(-c2ccc(C(F)(F)F)c(Cl)c2)c1. The van der Waals surface area contributed by atoms with Crippen molar-refractivity contribution < 1.29 is 13.2 Å². The minimum Gasteiger partial charge on any atom is -0.397 e. The van der Waals surface area contributed by atoms with Crippen molar-refractivity contribution >= 4 is 17.3 Å². The Morgan fingerprint density at radius 3 is 2.35 bits per heavy atom. The molecule has 2 N–H and O–H groups in total. The second kappa shape index (κ2) is 4.00. The first-order chi connectivity index (χ1) is 7.88. The van der Waals surface area contributed by atoms with E-state index >= 15 is 0 Å². The highest BCUT2D eigenvalue weighted by Gasteiger charge is 2.33. The number of nitrogen functional groups attached to an aromatic ring is 1. The average molecular weight is 261 g/mol. The van der Waals surface area contributed by atoms with Gasteiger partial charge in [0.1, 0.15) is 0 Å². The van der Waals surface area contributed by atoms with E-state index in [0.29, 0.717) is 11.4 Å². The zero-order valence-corrected chi connectivity index (χ0v) is 9.26. The topological polar surface area (TPSA) is 30.9 Å². The fraction of sp³-hybridized carbons (Fsp3) is 0.0909. The highest BCUT2D eigenvalue weighted by Crippen LogP contribution is 2.35. The van der Waals surface area contributed by atoms with Gasteiger partial charge in [0.25, 0.3) is 0 Å². The molecule has 0 amide bonds. The third kappa shape index (κ3) is 2.39. The minimum atomic E-state index is -4.44. The molecule has 6 heteroatoms. The highest BCUT2D eigenvalue weighted by molar-refractivity contribution is 6.31. The molecule has 1 heterocycles. The predicted octanol–water partition coefficient (Wildman–Crippen LogP) is 3.73. The van der Waals surface area contributed by atoms with Crippen LogP contribution in [0.15, 0.2) is 36.7 Å². The van der Waals surface area contributed by atoms with Gasteiger partial charge in [-0.1, -0.05) is 11.6 Å². The largest absolute Gasteiger partial charge is 0.417 e. The molecule has 0 atom stereocenters. The van der Waals surface area contributed by atoms with Gasteiger partial charge in [-0.3, -0.25) is 0 Å². The Morgan fingerprint density at radius 1 is 1.18 bits per heavy atom. The van der Waals surface area contributed by atoms with Crippen molar-refractivity contribution in [1.29, 1.82) is 0 Å². The van der Waals surface area contributed by atoms with Crippen molar-refractivity contribution in [2.75, 3.05) is 5.73 Å². The summed E-state index contributed by atoms with van der Waals surface area (Å²) in [5.74, 6) is 0. The summed E-state index contributed by atoms with van der Waals surface area (Å²) in [6.45, 7) is 0. The summed E-state index contributed by atoms with van der Waals surface area (Å²) in [5.41, 5.74) is 5.73. The van der Waals surface area contributed by atoms with Gasteiger partial charge in [-0.2, -0.15) is 13.2 Å². The lowest BCUT2D eigenvalue weighted by Gasteiger charge is -2.10. The summed E-state index contributed by atoms with van der Waals surface area (Å²) in [5, 5.41) is -0.331. The van der Waals surface area contributed by atoms with Crippen LogP contribution in [-0.4, -0.2) is 4.57 Å². The number of benzene rings is 1. The molecule has 1 aromatic carbocycles. The minimum absolute atomic E-state index is 0.331. The van der Waals surface area contributed by atoms with Crippen molar-refractivity contribution in [3.63, 3.8) is 0 Å². The quantitative estimate of drug-likeness (QED) is 0.832. The van der Waals surface area contributed by atoms with Gasteiger partial charge in [-0.15, -0.1) is 0 Å². The molecular weight excluding hydrogens is 253 g/mol. The summed E-state index contributed by atoms with van der Waals surface area (Å²) in [6, 6.07) is 5.19. The van der Waals surface area contributed by atoms with E-state index in [0.717, 1.165) is 6.07 Å². The second-order valence-corrected chi connectivity index (χ2v) is 3.92. The van der Waals surface area contributed by atoms with Gasteiger partial charge in [0, 0.05) is 23.8 Å². The maximum absolute atomic E-state index is 12.5. The zero-order chi connectivity index (χ0) is 12.6. The van der Waals surface area contributed by atoms with Gasteiger partial charge in [0.2, 0.25) is 0 Å². The summed E-state index contributed by atoms with van der Waals surface area (Å²) in [4.78, 5) is 0. The number of rotatable bonds is 1. The van der Waals surface area contributed by atoms with Crippen LogP contribution in [0.1, 0.15) is 5.56 Å². The predicted molar refractivity (Wildman–Crippen MR) is 60.2 cm³/mol. The molecule has 2 nitrogen and oxygen atoms in total. The van der Waals surface area contributed by atoms with E-state index in [1.165, 1.54) is 12.1 Å². The molecule has 0 aliphatic heterocycles. The zero-order valence-electron chi connectivity index (χ0n) is 8.50. The van der Waals surface area contributed by atoms with Crippen LogP contribution in [0.3, 0.4) is 0 Å². The van der Waals surface area contributed by atoms with Gasteiger partial charge >= 0.3 is 6.18 Å². The lowest BCUT2D eigenvalue weighted by Crippen LogP contribution is -2.06. The number of anilines is 1. The molecule has 2 rings (SSSR count). The van der Waals surface area contributed by atoms with Crippen LogP contribution in [0.4, 0.5) is 18.9 Å². The molecule has 0 saturated heterocycles. The standard InChI is InChI=1S/C11H8ClF3N2/c12-10-5-8(17-4-3-7(16)6-17)1-2-9(10)11(13,14)15/h1-6H,16H2. The Balaban J connectivity index is 2.44. The molecule has 0 aliphatic carbocycles. The molecule has 0 aliphatic rings. The van der Waals surface area contributed by atoms with Crippen molar-refractivity contribution in [3.05, 3.63) is 47.2 Å². The Hall–Kier alpha value is -1.62. The molecule has 2 aromatic rings. The molecule has 1 aromatic heterocycles. The first-order valence-corrected chi connectivity index (χ1v) is 5.06. The van der Waals surface area contributed by atoms with Crippen LogP contribution in [0.2, 0.25) is 5.02 Å². The first kappa shape index (κ1) is 11.9. The maximum Gasteiger partial charge on any atom is 0.417 e. The van der Waals surface area contributed by atoms with Crippen LogP contribution in [-0.2, 0) is 6.18 Å². The van der Waals surface area contributed by atoms with E-state index in [9.17, 15) is 13.2 Å². The summed E-state index contributed by atoms with van der Waals surface area (Å²) < 4.78 is 39.0. The van der Waals surface area contributed by atoms with Gasteiger partial charge in [-0.05, 0) is 24.3 Å². The monoisotopic (exact) mass is 260 g/mol. The van der Waals surface area contributed by atoms with Gasteiger partial charge in [0.05, 0.1) is 10.6 Å². The second-order valence-electron chi connectivity index (χ2n) is 3.51. The van der Waals surface area contributed by atoms with Crippen LogP contribution in [0, 0.1) is 0 Å². The maximum atomic E-state index is 12.5. The number of nitrogens with two attached hydrogens (primary N) is 1. The van der Waals surface area contributed by atoms with Crippen LogP contribution >= 0.6 is 11.6 Å². The van der Waals surface area contributed by atoms with Crippen LogP contribution < -0.4 is 5.73 Å². The van der Waals surface area contributed by atoms with Crippen LogP contribution in [0.5, 0.6) is 0 Å². The van der Waals surface area contributed by atoms with E-state index in [-0.39, 0.29) is 5.02 Å². The smallest absolute Gasteiger partial charge is 0.397 e. The van der Waals surface area contributed by atoms with Gasteiger partial charge < -0.3 is 10.3 Å². The Kier molecular flexibility index (Phi) is 2.79. The molecule has 90 valence electrons. The molecule has 0 spiro atoms. The molecule has 0 fully saturated rings. The number of hydrogen-bond donors (Lipinski definition) is 1. The third-order valence-electron chi connectivity index (χ3n) is 2.27. The summed E-state index contributed by atoms with van der Waals surface area (Å²) in [6.07, 6.45) is -1.20. The van der Waals surface area contributed by atoms with E-state index in [1.54, 1.807) is 23.0 Å². The Bertz CT molecular complexity index is 546. The van der Waals surface area contributed by atoms with Crippen molar-refractivity contribution in [2.24, 2.45) is 0 Å². The average Bonchev–Trinajstić information content (AvgIpc) is 2.62. The van der Waals surface area contributed by atoms with Gasteiger partial charge in [0.15, 0.2) is 0 Å². The molecule has 0 saturated carbocycles. The molecule has 0 radical (unpaired) electrons. The number of aromatic nitrogens is 1. The summed E-state index contributed by atoms with van der Waals surface area (Å²) >= 11 is 5.61. The third-order valence-corrected chi connectivity index (χ3v) is 2.58. The van der Waals surface area contributed by atoms with Gasteiger partial charge in [-0.25, -0.2) is 0 Å². The van der Waals surface area contributed by atoms with Crippen molar-refractivity contribution in [1.82, 2.24) is 4.57 Å². The van der Waals surface area contributed by atoms with E-state index < -0.39 is 11.7 Å². The fourth-order valence-corrected chi connectivity index (χ4v) is 1.75. The molecule has 17 heavy (non-hydrogen) atoms. The van der Waals surface area contributed by atoms with E-state index in [2.05, 4.69) is 0 Å². The van der Waals surface area contributed by atoms with E-state index in [1.807, 2.05) is 0 Å². The molecule has 0 bridgehead atoms. The normalized spacial score (nSPS) is 11.8. The van der Waals surface area contributed by atoms with Crippen molar-refractivity contribution in [3.8, 4) is 5.69 Å². The lowest BCUT2D eigenvalue weighted by molar-refractivity contribution is -0.137. The van der Waals surface area contributed by atoms with Crippen LogP contribution in [0.25, 0.3) is 5.69 Å². The molecule has 0 unspecified atom stereocenters. The Labute approximate surface area is 100 Å². The van der Waals surface area contributed by atoms with E-state index in [4.69, 9.17) is 17.3 Å². The van der Waals surface area contributed by atoms with Crippen molar-refractivity contribution in [2.45, 2.75) is 6.18 Å². The summed E-state index contributed by atoms with van der Waals surface area (Å²) in [7, 11) is 0. The number of hydrogen-bond acceptors (Lipinski definition) is 1.